The van der Waals surface area contributed by atoms with E-state index >= 15 is 0 Å². The van der Waals surface area contributed by atoms with Crippen LogP contribution in [-0.4, -0.2) is 66.0 Å². The molecule has 3 heterocycles. The molecular formula is C28H31F3N6O4S. The Balaban J connectivity index is 1.48. The number of pyridine rings is 1. The molecule has 4 aromatic rings. The zero-order valence-electron chi connectivity index (χ0n) is 23.2. The molecule has 1 aliphatic carbocycles. The highest BCUT2D eigenvalue weighted by Gasteiger charge is 2.44. The first kappa shape index (κ1) is 29.9. The summed E-state index contributed by atoms with van der Waals surface area (Å²) in [6.07, 6.45) is -5.85. The van der Waals surface area contributed by atoms with Crippen LogP contribution in [0.4, 0.5) is 24.9 Å². The summed E-state index contributed by atoms with van der Waals surface area (Å²) in [7, 11) is 0. The van der Waals surface area contributed by atoms with E-state index in [2.05, 4.69) is 25.3 Å². The summed E-state index contributed by atoms with van der Waals surface area (Å²) in [5.41, 5.74) is 3.40. The Kier molecular flexibility index (Phi) is 8.25. The van der Waals surface area contributed by atoms with Crippen molar-refractivity contribution in [3.8, 4) is 16.3 Å². The molecule has 1 aromatic carbocycles. The molecule has 5 N–H and O–H groups in total. The smallest absolute Gasteiger partial charge is 0.406 e. The fraction of sp³-hybridized carbons (Fsp3) is 0.429. The largest absolute Gasteiger partial charge is 0.573 e. The summed E-state index contributed by atoms with van der Waals surface area (Å²) in [6, 6.07) is 6.37. The highest BCUT2D eigenvalue weighted by atomic mass is 32.1. The van der Waals surface area contributed by atoms with Crippen LogP contribution < -0.4 is 15.4 Å². The van der Waals surface area contributed by atoms with E-state index < -0.39 is 42.7 Å². The molecule has 0 radical (unpaired) electrons. The van der Waals surface area contributed by atoms with Crippen LogP contribution in [0.3, 0.4) is 0 Å². The topological polar surface area (TPSA) is 146 Å². The lowest BCUT2D eigenvalue weighted by Crippen LogP contribution is -2.36. The molecular weight excluding hydrogens is 573 g/mol. The van der Waals surface area contributed by atoms with Crippen molar-refractivity contribution in [1.29, 1.82) is 0 Å². The maximum atomic E-state index is 12.5. The van der Waals surface area contributed by atoms with E-state index in [9.17, 15) is 28.5 Å². The molecule has 42 heavy (non-hydrogen) atoms. The first-order valence-corrected chi connectivity index (χ1v) is 14.2. The maximum Gasteiger partial charge on any atom is 0.573 e. The number of hydrogen-bond donors (Lipinski definition) is 5. The van der Waals surface area contributed by atoms with Crippen LogP contribution in [0.15, 0.2) is 36.5 Å². The summed E-state index contributed by atoms with van der Waals surface area (Å²) in [5.74, 6) is -0.239. The van der Waals surface area contributed by atoms with Gasteiger partial charge in [-0.15, -0.1) is 24.5 Å². The van der Waals surface area contributed by atoms with Gasteiger partial charge < -0.3 is 30.7 Å². The Morgan fingerprint density at radius 3 is 2.33 bits per heavy atom. The lowest BCUT2D eigenvalue weighted by molar-refractivity contribution is -0.274. The summed E-state index contributed by atoms with van der Waals surface area (Å²) in [5, 5.41) is 38.6. The van der Waals surface area contributed by atoms with Crippen LogP contribution in [0.2, 0.25) is 0 Å². The third-order valence-corrected chi connectivity index (χ3v) is 8.46. The second kappa shape index (κ2) is 11.6. The first-order chi connectivity index (χ1) is 19.8. The van der Waals surface area contributed by atoms with Crippen molar-refractivity contribution >= 4 is 33.3 Å². The number of nitrogens with one attached hydrogen (secondary N) is 2. The van der Waals surface area contributed by atoms with Crippen LogP contribution in [0.5, 0.6) is 5.75 Å². The van der Waals surface area contributed by atoms with E-state index in [1.165, 1.54) is 35.6 Å². The lowest BCUT2D eigenvalue weighted by Gasteiger charge is -2.22. The predicted molar refractivity (Wildman–Crippen MR) is 152 cm³/mol. The number of ether oxygens (including phenoxy) is 1. The zero-order valence-corrected chi connectivity index (χ0v) is 24.0. The zero-order chi connectivity index (χ0) is 30.3. The fourth-order valence-corrected chi connectivity index (χ4v) is 6.30. The van der Waals surface area contributed by atoms with Crippen molar-refractivity contribution < 1.29 is 33.2 Å². The third-order valence-electron chi connectivity index (χ3n) is 7.42. The van der Waals surface area contributed by atoms with Crippen LogP contribution >= 0.6 is 11.3 Å². The number of aliphatic hydroxyl groups excluding tert-OH is 3. The van der Waals surface area contributed by atoms with Crippen LogP contribution in [0.25, 0.3) is 20.8 Å². The minimum absolute atomic E-state index is 0.237. The van der Waals surface area contributed by atoms with Gasteiger partial charge in [0.25, 0.3) is 0 Å². The number of fused-ring (bicyclic) bond motifs is 1. The molecule has 1 fully saturated rings. The van der Waals surface area contributed by atoms with E-state index in [0.717, 1.165) is 15.9 Å². The number of anilines is 2. The normalized spacial score (nSPS) is 22.2. The minimum Gasteiger partial charge on any atom is -0.406 e. The van der Waals surface area contributed by atoms with E-state index in [1.807, 2.05) is 19.9 Å². The van der Waals surface area contributed by atoms with E-state index in [0.29, 0.717) is 34.1 Å². The van der Waals surface area contributed by atoms with Crippen molar-refractivity contribution in [1.82, 2.24) is 19.9 Å². The van der Waals surface area contributed by atoms with Gasteiger partial charge in [0.15, 0.2) is 0 Å². The molecule has 1 saturated carbocycles. The molecule has 0 bridgehead atoms. The van der Waals surface area contributed by atoms with Crippen molar-refractivity contribution in [3.63, 3.8) is 0 Å². The number of benzene rings is 1. The van der Waals surface area contributed by atoms with Crippen molar-refractivity contribution in [2.24, 2.45) is 5.92 Å². The first-order valence-electron chi connectivity index (χ1n) is 13.3. The van der Waals surface area contributed by atoms with Gasteiger partial charge in [0.2, 0.25) is 5.95 Å². The maximum absolute atomic E-state index is 12.5. The number of halogens is 3. The number of aryl methyl sites for hydroxylation is 2. The molecule has 0 amide bonds. The summed E-state index contributed by atoms with van der Waals surface area (Å²) < 4.78 is 42.5. The fourth-order valence-electron chi connectivity index (χ4n) is 5.19. The average molecular weight is 605 g/mol. The Hall–Kier alpha value is -3.59. The molecule has 0 aliphatic heterocycles. The van der Waals surface area contributed by atoms with Gasteiger partial charge in [0.05, 0.1) is 45.9 Å². The van der Waals surface area contributed by atoms with Crippen LogP contribution in [-0.2, 0) is 0 Å². The van der Waals surface area contributed by atoms with Gasteiger partial charge in [-0.2, -0.15) is 4.98 Å². The molecule has 1 aliphatic rings. The van der Waals surface area contributed by atoms with Gasteiger partial charge >= 0.3 is 6.36 Å². The number of thiazole rings is 1. The van der Waals surface area contributed by atoms with E-state index in [-0.39, 0.29) is 11.7 Å². The monoisotopic (exact) mass is 604 g/mol. The quantitative estimate of drug-likeness (QED) is 0.191. The van der Waals surface area contributed by atoms with Gasteiger partial charge in [-0.05, 0) is 57.9 Å². The Morgan fingerprint density at radius 1 is 1.00 bits per heavy atom. The Morgan fingerprint density at radius 2 is 1.71 bits per heavy atom. The molecule has 6 atom stereocenters. The van der Waals surface area contributed by atoms with Gasteiger partial charge in [-0.1, -0.05) is 12.1 Å². The molecule has 14 heteroatoms. The van der Waals surface area contributed by atoms with Gasteiger partial charge in [0.1, 0.15) is 28.2 Å². The van der Waals surface area contributed by atoms with Gasteiger partial charge in [-0.3, -0.25) is 4.98 Å². The van der Waals surface area contributed by atoms with E-state index in [4.69, 9.17) is 9.97 Å². The second-order valence-corrected chi connectivity index (χ2v) is 11.5. The minimum atomic E-state index is -4.78. The number of hydrogen-bond acceptors (Lipinski definition) is 11. The molecule has 5 rings (SSSR count). The molecule has 0 spiro atoms. The molecule has 0 saturated heterocycles. The second-order valence-electron chi connectivity index (χ2n) is 10.5. The highest BCUT2D eigenvalue weighted by molar-refractivity contribution is 7.21. The number of rotatable bonds is 8. The SMILES string of the molecule is Cc1nc(N[C@H](C)c2ccc(OC(F)(F)F)cc2)nc(N[C@@H]2C[C@H](C(C)O)[C@@H](O)[C@H]2O)c1-c1nc2c(C)nccc2s1. The van der Waals surface area contributed by atoms with E-state index in [1.54, 1.807) is 20.0 Å². The Bertz CT molecular complexity index is 1570. The summed E-state index contributed by atoms with van der Waals surface area (Å²) in [4.78, 5) is 18.5. The summed E-state index contributed by atoms with van der Waals surface area (Å²) >= 11 is 1.44. The average Bonchev–Trinajstić information content (AvgIpc) is 3.45. The highest BCUT2D eigenvalue weighted by Crippen LogP contribution is 2.39. The third kappa shape index (κ3) is 6.26. The van der Waals surface area contributed by atoms with Gasteiger partial charge in [-0.25, -0.2) is 9.97 Å². The van der Waals surface area contributed by atoms with Gasteiger partial charge in [0, 0.05) is 12.1 Å². The molecule has 1 unspecified atom stereocenters. The van der Waals surface area contributed by atoms with Crippen LogP contribution in [0.1, 0.15) is 43.3 Å². The van der Waals surface area contributed by atoms with Crippen LogP contribution in [0, 0.1) is 19.8 Å². The predicted octanol–water partition coefficient (Wildman–Crippen LogP) is 4.74. The number of aliphatic hydroxyl groups is 3. The lowest BCUT2D eigenvalue weighted by atomic mass is 10.00. The number of aromatic nitrogens is 4. The standard InChI is InChI=1S/C28H31F3N6O4S/c1-12(16-5-7-17(8-6-16)41-28(29,30)31)33-27-34-13(2)21(26-36-22-14(3)32-10-9-20(22)42-26)25(37-27)35-19-11-18(15(4)38)23(39)24(19)40/h5-10,12,15,18-19,23-24,38-40H,11H2,1-4H3,(H2,33,34,35,37)/t12-,15?,18-,19-,23-,24+/m1/s1. The van der Waals surface area contributed by atoms with Crippen molar-refractivity contribution in [3.05, 3.63) is 53.5 Å². The number of nitrogens with zero attached hydrogens (tertiary/aromatic N) is 4. The summed E-state index contributed by atoms with van der Waals surface area (Å²) in [6.45, 7) is 7.06. The van der Waals surface area contributed by atoms with Crippen molar-refractivity contribution in [2.45, 2.75) is 70.9 Å². The molecule has 3 aromatic heterocycles. The molecule has 10 nitrogen and oxygen atoms in total. The molecule has 224 valence electrons. The van der Waals surface area contributed by atoms with Crippen molar-refractivity contribution in [2.75, 3.05) is 10.6 Å². The Labute approximate surface area is 243 Å². The number of alkyl halides is 3.